The predicted octanol–water partition coefficient (Wildman–Crippen LogP) is 3.88. The zero-order chi connectivity index (χ0) is 18.9. The molecule has 0 aromatic heterocycles. The van der Waals surface area contributed by atoms with Gasteiger partial charge < -0.3 is 10.4 Å². The molecule has 1 aliphatic carbocycles. The molecule has 2 N–H and O–H groups in total. The van der Waals surface area contributed by atoms with Crippen molar-refractivity contribution in [1.82, 2.24) is 5.32 Å². The van der Waals surface area contributed by atoms with Gasteiger partial charge in [-0.3, -0.25) is 4.79 Å². The van der Waals surface area contributed by atoms with Crippen LogP contribution in [0.3, 0.4) is 0 Å². The second-order valence-corrected chi connectivity index (χ2v) is 7.27. The maximum absolute atomic E-state index is 12.5. The highest BCUT2D eigenvalue weighted by atomic mass is 16.3. The third kappa shape index (κ3) is 3.42. The first-order valence-corrected chi connectivity index (χ1v) is 9.07. The molecule has 27 heavy (non-hydrogen) atoms. The lowest BCUT2D eigenvalue weighted by Gasteiger charge is -2.13. The average Bonchev–Trinajstić information content (AvgIpc) is 3.51. The highest BCUT2D eigenvalue weighted by Crippen LogP contribution is 2.44. The number of aliphatic hydroxyl groups excluding tert-OH is 1. The van der Waals surface area contributed by atoms with Crippen LogP contribution in [0.15, 0.2) is 60.7 Å². The summed E-state index contributed by atoms with van der Waals surface area (Å²) in [4.78, 5) is 12.5. The fraction of sp³-hybridized carbons (Fsp3) is 0.217. The van der Waals surface area contributed by atoms with E-state index in [1.165, 1.54) is 0 Å². The fourth-order valence-corrected chi connectivity index (χ4v) is 3.37. The van der Waals surface area contributed by atoms with Crippen molar-refractivity contribution in [3.8, 4) is 17.2 Å². The molecule has 1 aliphatic rings. The number of hydrogen-bond donors (Lipinski definition) is 2. The van der Waals surface area contributed by atoms with E-state index in [1.807, 2.05) is 54.6 Å². The molecule has 0 heterocycles. The number of carbonyl (C=O) groups excluding carboxylic acids is 1. The number of nitriles is 1. The van der Waals surface area contributed by atoms with Crippen molar-refractivity contribution in [3.63, 3.8) is 0 Å². The van der Waals surface area contributed by atoms with Gasteiger partial charge in [0.15, 0.2) is 0 Å². The number of carbonyl (C=O) groups is 1. The minimum absolute atomic E-state index is 0.106. The van der Waals surface area contributed by atoms with Gasteiger partial charge >= 0.3 is 0 Å². The van der Waals surface area contributed by atoms with Gasteiger partial charge in [-0.25, -0.2) is 0 Å². The van der Waals surface area contributed by atoms with E-state index in [2.05, 4.69) is 11.4 Å². The van der Waals surface area contributed by atoms with Crippen LogP contribution in [0.5, 0.6) is 0 Å². The van der Waals surface area contributed by atoms with Crippen LogP contribution in [-0.2, 0) is 0 Å². The third-order valence-corrected chi connectivity index (χ3v) is 5.36. The molecule has 0 saturated heterocycles. The first-order valence-electron chi connectivity index (χ1n) is 9.07. The van der Waals surface area contributed by atoms with Crippen molar-refractivity contribution in [2.45, 2.75) is 12.8 Å². The molecule has 4 heteroatoms. The number of rotatable bonds is 5. The summed E-state index contributed by atoms with van der Waals surface area (Å²) in [5.41, 5.74) is 3.15. The van der Waals surface area contributed by atoms with E-state index in [-0.39, 0.29) is 17.9 Å². The Bertz CT molecular complexity index is 1060. The monoisotopic (exact) mass is 356 g/mol. The van der Waals surface area contributed by atoms with E-state index < -0.39 is 0 Å². The van der Waals surface area contributed by atoms with Crippen molar-refractivity contribution in [2.75, 3.05) is 13.2 Å². The van der Waals surface area contributed by atoms with Crippen LogP contribution >= 0.6 is 0 Å². The molecule has 0 bridgehead atoms. The Hall–Kier alpha value is -3.16. The van der Waals surface area contributed by atoms with E-state index in [0.717, 1.165) is 34.7 Å². The van der Waals surface area contributed by atoms with Crippen LogP contribution in [0, 0.1) is 16.7 Å². The minimum Gasteiger partial charge on any atom is -0.396 e. The van der Waals surface area contributed by atoms with Gasteiger partial charge in [0.2, 0.25) is 0 Å². The molecule has 0 radical (unpaired) electrons. The topological polar surface area (TPSA) is 73.1 Å². The van der Waals surface area contributed by atoms with Crippen molar-refractivity contribution >= 4 is 16.7 Å². The zero-order valence-corrected chi connectivity index (χ0v) is 14.9. The molecule has 0 atom stereocenters. The Labute approximate surface area is 158 Å². The van der Waals surface area contributed by atoms with E-state index in [9.17, 15) is 9.90 Å². The molecule has 0 unspecified atom stereocenters. The first kappa shape index (κ1) is 17.3. The second-order valence-electron chi connectivity index (χ2n) is 7.27. The van der Waals surface area contributed by atoms with Crippen molar-refractivity contribution in [2.24, 2.45) is 5.41 Å². The number of hydrogen-bond acceptors (Lipinski definition) is 3. The van der Waals surface area contributed by atoms with Crippen molar-refractivity contribution < 1.29 is 9.90 Å². The van der Waals surface area contributed by atoms with Crippen molar-refractivity contribution in [3.05, 3.63) is 71.8 Å². The van der Waals surface area contributed by atoms with Crippen LogP contribution in [-0.4, -0.2) is 24.2 Å². The predicted molar refractivity (Wildman–Crippen MR) is 105 cm³/mol. The molecular weight excluding hydrogens is 336 g/mol. The van der Waals surface area contributed by atoms with Crippen LogP contribution in [0.1, 0.15) is 28.8 Å². The Morgan fingerprint density at radius 3 is 2.67 bits per heavy atom. The molecule has 3 aromatic carbocycles. The van der Waals surface area contributed by atoms with E-state index >= 15 is 0 Å². The number of nitrogens with zero attached hydrogens (tertiary/aromatic N) is 1. The fourth-order valence-electron chi connectivity index (χ4n) is 3.37. The highest BCUT2D eigenvalue weighted by Gasteiger charge is 2.42. The van der Waals surface area contributed by atoms with Crippen LogP contribution < -0.4 is 5.32 Å². The second kappa shape index (κ2) is 6.86. The molecule has 4 rings (SSSR count). The van der Waals surface area contributed by atoms with Gasteiger partial charge in [0.1, 0.15) is 0 Å². The largest absolute Gasteiger partial charge is 0.396 e. The summed E-state index contributed by atoms with van der Waals surface area (Å²) in [6, 6.07) is 21.3. The molecule has 1 amide bonds. The lowest BCUT2D eigenvalue weighted by molar-refractivity contribution is 0.0935. The number of aliphatic hydroxyl groups is 1. The van der Waals surface area contributed by atoms with Crippen LogP contribution in [0.25, 0.3) is 21.9 Å². The Balaban J connectivity index is 1.64. The highest BCUT2D eigenvalue weighted by molar-refractivity contribution is 6.02. The molecule has 0 aliphatic heterocycles. The van der Waals surface area contributed by atoms with E-state index in [1.54, 1.807) is 6.07 Å². The standard InChI is InChI=1S/C23H20N2O2/c24-13-16-3-1-4-17(11-16)20-6-2-5-18-12-19(7-8-21(18)20)22(27)25-14-23(15-26)9-10-23/h1-8,11-12,26H,9-10,14-15H2,(H,25,27). The van der Waals surface area contributed by atoms with Crippen LogP contribution in [0.4, 0.5) is 0 Å². The van der Waals surface area contributed by atoms with Gasteiger partial charge in [-0.2, -0.15) is 5.26 Å². The summed E-state index contributed by atoms with van der Waals surface area (Å²) in [6.45, 7) is 0.636. The Morgan fingerprint density at radius 2 is 1.93 bits per heavy atom. The summed E-state index contributed by atoms with van der Waals surface area (Å²) in [5, 5.41) is 23.5. The molecule has 4 nitrogen and oxygen atoms in total. The van der Waals surface area contributed by atoms with Gasteiger partial charge in [-0.1, -0.05) is 36.4 Å². The molecule has 3 aromatic rings. The van der Waals surface area contributed by atoms with Gasteiger partial charge in [0, 0.05) is 17.5 Å². The summed E-state index contributed by atoms with van der Waals surface area (Å²) in [7, 11) is 0. The normalized spacial score (nSPS) is 14.5. The minimum atomic E-state index is -0.117. The molecule has 1 saturated carbocycles. The number of benzene rings is 3. The SMILES string of the molecule is N#Cc1cccc(-c2cccc3cc(C(=O)NCC4(CO)CC4)ccc23)c1. The molecule has 134 valence electrons. The average molecular weight is 356 g/mol. The van der Waals surface area contributed by atoms with Gasteiger partial charge in [-0.15, -0.1) is 0 Å². The number of nitrogens with one attached hydrogen (secondary N) is 1. The number of fused-ring (bicyclic) bond motifs is 1. The molecule has 1 fully saturated rings. The summed E-state index contributed by atoms with van der Waals surface area (Å²) in [5.74, 6) is -0.117. The quantitative estimate of drug-likeness (QED) is 0.729. The van der Waals surface area contributed by atoms with Gasteiger partial charge in [-0.05, 0) is 59.0 Å². The van der Waals surface area contributed by atoms with Gasteiger partial charge in [0.25, 0.3) is 5.91 Å². The third-order valence-electron chi connectivity index (χ3n) is 5.36. The summed E-state index contributed by atoms with van der Waals surface area (Å²) < 4.78 is 0. The Kier molecular flexibility index (Phi) is 4.39. The van der Waals surface area contributed by atoms with Crippen molar-refractivity contribution in [1.29, 1.82) is 5.26 Å². The van der Waals surface area contributed by atoms with Gasteiger partial charge in [0.05, 0.1) is 18.2 Å². The van der Waals surface area contributed by atoms with E-state index in [4.69, 9.17) is 5.26 Å². The van der Waals surface area contributed by atoms with E-state index in [0.29, 0.717) is 17.7 Å². The van der Waals surface area contributed by atoms with Crippen LogP contribution in [0.2, 0.25) is 0 Å². The molecule has 0 spiro atoms. The zero-order valence-electron chi connectivity index (χ0n) is 14.9. The summed E-state index contributed by atoms with van der Waals surface area (Å²) >= 11 is 0. The molecular formula is C23H20N2O2. The first-order chi connectivity index (χ1) is 13.1. The number of amides is 1. The maximum Gasteiger partial charge on any atom is 0.251 e. The lowest BCUT2D eigenvalue weighted by atomic mass is 9.96. The Morgan fingerprint density at radius 1 is 1.11 bits per heavy atom. The smallest absolute Gasteiger partial charge is 0.251 e. The lowest BCUT2D eigenvalue weighted by Crippen LogP contribution is -2.31. The maximum atomic E-state index is 12.5. The summed E-state index contributed by atoms with van der Waals surface area (Å²) in [6.07, 6.45) is 1.93.